The second kappa shape index (κ2) is 4.67. The summed E-state index contributed by atoms with van der Waals surface area (Å²) < 4.78 is 5.47. The lowest BCUT2D eigenvalue weighted by atomic mass is 10.2. The molecule has 0 saturated carbocycles. The van der Waals surface area contributed by atoms with Gasteiger partial charge in [0, 0.05) is 6.92 Å². The number of hydrogen-bond acceptors (Lipinski definition) is 4. The minimum absolute atomic E-state index is 0.302. The van der Waals surface area contributed by atoms with Crippen molar-refractivity contribution in [1.82, 2.24) is 10.4 Å². The van der Waals surface area contributed by atoms with Gasteiger partial charge in [-0.15, -0.1) is 12.6 Å². The van der Waals surface area contributed by atoms with Crippen LogP contribution < -0.4 is 10.2 Å². The quantitative estimate of drug-likeness (QED) is 0.611. The molecule has 1 aromatic rings. The number of hydrogen-bond donors (Lipinski definition) is 2. The average Bonchev–Trinajstić information content (AvgIpc) is 2.34. The third kappa shape index (κ3) is 2.36. The van der Waals surface area contributed by atoms with Gasteiger partial charge in [0.15, 0.2) is 0 Å². The van der Waals surface area contributed by atoms with Crippen LogP contribution in [0.4, 0.5) is 0 Å². The van der Waals surface area contributed by atoms with Crippen molar-refractivity contribution in [2.45, 2.75) is 18.4 Å². The summed E-state index contributed by atoms with van der Waals surface area (Å²) in [6, 6.07) is 9.01. The van der Waals surface area contributed by atoms with Crippen molar-refractivity contribution in [3.8, 4) is 5.75 Å². The third-order valence-electron chi connectivity index (χ3n) is 2.30. The Morgan fingerprint density at radius 2 is 2.06 bits per heavy atom. The second-order valence-electron chi connectivity index (χ2n) is 3.64. The number of nitrogens with one attached hydrogen (secondary N) is 1. The fraction of sp³-hybridized carbons (Fsp3) is 0.273. The van der Waals surface area contributed by atoms with Crippen LogP contribution in [0, 0.1) is 0 Å². The van der Waals surface area contributed by atoms with E-state index in [1.807, 2.05) is 18.2 Å². The van der Waals surface area contributed by atoms with E-state index >= 15 is 0 Å². The number of nitrogens with zero attached hydrogens (tertiary/aromatic N) is 1. The predicted octanol–water partition coefficient (Wildman–Crippen LogP) is 0.583. The first-order chi connectivity index (χ1) is 8.09. The maximum Gasteiger partial charge on any atom is 0.286 e. The highest BCUT2D eigenvalue weighted by Crippen LogP contribution is 2.25. The van der Waals surface area contributed by atoms with E-state index in [9.17, 15) is 9.59 Å². The summed E-state index contributed by atoms with van der Waals surface area (Å²) in [4.78, 5) is 22.5. The molecule has 1 aliphatic heterocycles. The van der Waals surface area contributed by atoms with Gasteiger partial charge in [-0.2, -0.15) is 0 Å². The van der Waals surface area contributed by atoms with E-state index in [0.29, 0.717) is 5.75 Å². The molecule has 5 nitrogen and oxygen atoms in total. The van der Waals surface area contributed by atoms with Crippen LogP contribution in [-0.2, 0) is 9.59 Å². The summed E-state index contributed by atoms with van der Waals surface area (Å²) in [5.74, 6) is -0.00742. The van der Waals surface area contributed by atoms with E-state index in [2.05, 4.69) is 18.1 Å². The monoisotopic (exact) mass is 252 g/mol. The van der Waals surface area contributed by atoms with Crippen LogP contribution >= 0.6 is 12.6 Å². The molecule has 0 aliphatic carbocycles. The fourth-order valence-electron chi connectivity index (χ4n) is 1.50. The zero-order chi connectivity index (χ0) is 12.4. The lowest BCUT2D eigenvalue weighted by molar-refractivity contribution is -0.165. The summed E-state index contributed by atoms with van der Waals surface area (Å²) in [5.41, 5.74) is 2.38. The molecule has 2 atom stereocenters. The Morgan fingerprint density at radius 3 is 2.59 bits per heavy atom. The van der Waals surface area contributed by atoms with E-state index in [-0.39, 0.29) is 11.8 Å². The second-order valence-corrected chi connectivity index (χ2v) is 4.17. The lowest BCUT2D eigenvalue weighted by Crippen LogP contribution is -2.69. The molecule has 0 bridgehead atoms. The van der Waals surface area contributed by atoms with Gasteiger partial charge < -0.3 is 4.74 Å². The van der Waals surface area contributed by atoms with Gasteiger partial charge in [0.25, 0.3) is 5.91 Å². The van der Waals surface area contributed by atoms with Crippen LogP contribution in [0.15, 0.2) is 30.3 Å². The van der Waals surface area contributed by atoms with Gasteiger partial charge in [-0.25, -0.2) is 5.01 Å². The topological polar surface area (TPSA) is 58.6 Å². The Bertz CT molecular complexity index is 438. The first-order valence-corrected chi connectivity index (χ1v) is 5.61. The van der Waals surface area contributed by atoms with Gasteiger partial charge in [0.05, 0.1) is 0 Å². The first-order valence-electron chi connectivity index (χ1n) is 5.09. The number of benzene rings is 1. The number of carbonyl (C=O) groups is 2. The summed E-state index contributed by atoms with van der Waals surface area (Å²) in [6.07, 6.45) is -0.660. The largest absolute Gasteiger partial charge is 0.477 e. The molecule has 17 heavy (non-hydrogen) atoms. The number of rotatable bonds is 3. The highest BCUT2D eigenvalue weighted by Gasteiger charge is 2.48. The molecule has 0 aromatic heterocycles. The first kappa shape index (κ1) is 11.8. The highest BCUT2D eigenvalue weighted by molar-refractivity contribution is 7.81. The van der Waals surface area contributed by atoms with Crippen LogP contribution in [0.5, 0.6) is 5.75 Å². The smallest absolute Gasteiger partial charge is 0.286 e. The zero-order valence-electron chi connectivity index (χ0n) is 9.16. The third-order valence-corrected chi connectivity index (χ3v) is 2.80. The van der Waals surface area contributed by atoms with E-state index in [1.54, 1.807) is 12.1 Å². The van der Waals surface area contributed by atoms with Crippen molar-refractivity contribution in [3.63, 3.8) is 0 Å². The van der Waals surface area contributed by atoms with Crippen molar-refractivity contribution in [2.75, 3.05) is 0 Å². The molecule has 1 heterocycles. The Kier molecular flexibility index (Phi) is 3.23. The Labute approximate surface area is 104 Å². The number of hydrazine groups is 1. The molecule has 1 N–H and O–H groups in total. The van der Waals surface area contributed by atoms with E-state index in [4.69, 9.17) is 4.74 Å². The lowest BCUT2D eigenvalue weighted by Gasteiger charge is -2.42. The molecular formula is C11H12N2O3S. The maximum atomic E-state index is 11.6. The number of ether oxygens (including phenoxy) is 1. The molecule has 1 saturated heterocycles. The molecule has 1 aromatic carbocycles. The number of thiol groups is 1. The minimum Gasteiger partial charge on any atom is -0.477 e. The molecule has 6 heteroatoms. The van der Waals surface area contributed by atoms with Crippen molar-refractivity contribution in [3.05, 3.63) is 30.3 Å². The van der Waals surface area contributed by atoms with Crippen molar-refractivity contribution >= 4 is 24.4 Å². The van der Waals surface area contributed by atoms with Gasteiger partial charge in [0.2, 0.25) is 12.0 Å². The Hall–Kier alpha value is -1.69. The zero-order valence-corrected chi connectivity index (χ0v) is 10.1. The summed E-state index contributed by atoms with van der Waals surface area (Å²) in [5, 5.41) is 0.686. The van der Waals surface area contributed by atoms with Gasteiger partial charge in [-0.1, -0.05) is 18.2 Å². The number of para-hydroxylation sites is 1. The van der Waals surface area contributed by atoms with Crippen molar-refractivity contribution in [1.29, 1.82) is 0 Å². The Morgan fingerprint density at radius 1 is 1.41 bits per heavy atom. The van der Waals surface area contributed by atoms with E-state index < -0.39 is 11.5 Å². The van der Waals surface area contributed by atoms with E-state index in [1.165, 1.54) is 6.92 Å². The molecule has 2 rings (SSSR count). The summed E-state index contributed by atoms with van der Waals surface area (Å²) >= 11 is 4.20. The minimum atomic E-state index is -0.660. The number of β-lactam (4-membered cyclic amide) rings is 1. The van der Waals surface area contributed by atoms with Gasteiger partial charge in [-0.05, 0) is 12.1 Å². The SMILES string of the molecule is CC(=O)NN1C(=O)[C@@H](Oc2ccccc2)[C@H]1S. The summed E-state index contributed by atoms with van der Waals surface area (Å²) in [6.45, 7) is 1.33. The molecule has 1 fully saturated rings. The van der Waals surface area contributed by atoms with Gasteiger partial charge in [0.1, 0.15) is 11.1 Å². The van der Waals surface area contributed by atoms with Crippen molar-refractivity contribution in [2.24, 2.45) is 0 Å². The molecule has 0 spiro atoms. The normalized spacial score (nSPS) is 22.9. The predicted molar refractivity (Wildman–Crippen MR) is 64.3 cm³/mol. The molecule has 1 aliphatic rings. The van der Waals surface area contributed by atoms with Crippen LogP contribution in [0.1, 0.15) is 6.92 Å². The molecule has 0 radical (unpaired) electrons. The summed E-state index contributed by atoms with van der Waals surface area (Å²) in [7, 11) is 0. The maximum absolute atomic E-state index is 11.6. The average molecular weight is 252 g/mol. The van der Waals surface area contributed by atoms with Crippen LogP contribution in [0.25, 0.3) is 0 Å². The van der Waals surface area contributed by atoms with Crippen molar-refractivity contribution < 1.29 is 14.3 Å². The van der Waals surface area contributed by atoms with E-state index in [0.717, 1.165) is 5.01 Å². The van der Waals surface area contributed by atoms with Crippen LogP contribution in [0.2, 0.25) is 0 Å². The number of amides is 2. The Balaban J connectivity index is 1.97. The molecule has 2 amide bonds. The fourth-order valence-corrected chi connectivity index (χ4v) is 1.86. The van der Waals surface area contributed by atoms with Gasteiger partial charge in [-0.3, -0.25) is 15.0 Å². The van der Waals surface area contributed by atoms with Crippen LogP contribution in [0.3, 0.4) is 0 Å². The highest BCUT2D eigenvalue weighted by atomic mass is 32.1. The number of carbonyl (C=O) groups excluding carboxylic acids is 2. The van der Waals surface area contributed by atoms with Crippen LogP contribution in [-0.4, -0.2) is 28.3 Å². The molecule has 90 valence electrons. The van der Waals surface area contributed by atoms with Gasteiger partial charge >= 0.3 is 0 Å². The molecule has 0 unspecified atom stereocenters. The standard InChI is InChI=1S/C11H12N2O3S/c1-7(14)12-13-10(15)9(11(13)17)16-8-5-3-2-4-6-8/h2-6,9,11,17H,1H3,(H,12,14)/t9-,11-/m1/s1. The molecular weight excluding hydrogens is 240 g/mol.